The molecule has 1 fully saturated rings. The van der Waals surface area contributed by atoms with E-state index in [9.17, 15) is 4.79 Å². The minimum atomic E-state index is -0.697. The molecule has 1 aromatic heterocycles. The van der Waals surface area contributed by atoms with Crippen molar-refractivity contribution in [2.45, 2.75) is 19.8 Å². The minimum absolute atomic E-state index is 0.253. The van der Waals surface area contributed by atoms with Crippen LogP contribution in [0.4, 0.5) is 5.82 Å². The van der Waals surface area contributed by atoms with Crippen molar-refractivity contribution in [3.8, 4) is 0 Å². The molecule has 1 aromatic rings. The van der Waals surface area contributed by atoms with E-state index in [0.717, 1.165) is 30.8 Å². The molecule has 2 heterocycles. The van der Waals surface area contributed by atoms with Crippen LogP contribution >= 0.6 is 0 Å². The van der Waals surface area contributed by atoms with E-state index in [-0.39, 0.29) is 5.92 Å². The first-order valence-corrected chi connectivity index (χ1v) is 5.57. The Morgan fingerprint density at radius 2 is 2.38 bits per heavy atom. The first kappa shape index (κ1) is 10.9. The van der Waals surface area contributed by atoms with Gasteiger partial charge in [-0.2, -0.15) is 0 Å². The largest absolute Gasteiger partial charge is 0.481 e. The number of aryl methyl sites for hydroxylation is 1. The van der Waals surface area contributed by atoms with Gasteiger partial charge < -0.3 is 10.0 Å². The summed E-state index contributed by atoms with van der Waals surface area (Å²) in [6.45, 7) is 3.47. The predicted octanol–water partition coefficient (Wildman–Crippen LogP) is 1.69. The molecule has 4 nitrogen and oxygen atoms in total. The van der Waals surface area contributed by atoms with E-state index in [2.05, 4.69) is 9.88 Å². The van der Waals surface area contributed by atoms with Crippen LogP contribution in [0.25, 0.3) is 0 Å². The van der Waals surface area contributed by atoms with Gasteiger partial charge in [-0.15, -0.1) is 0 Å². The Bertz CT molecular complexity index is 375. The highest BCUT2D eigenvalue weighted by molar-refractivity contribution is 5.71. The van der Waals surface area contributed by atoms with Crippen molar-refractivity contribution in [1.82, 2.24) is 4.98 Å². The summed E-state index contributed by atoms with van der Waals surface area (Å²) in [6.07, 6.45) is 3.52. The Morgan fingerprint density at radius 1 is 1.56 bits per heavy atom. The van der Waals surface area contributed by atoms with Gasteiger partial charge in [-0.25, -0.2) is 4.98 Å². The van der Waals surface area contributed by atoms with Crippen molar-refractivity contribution < 1.29 is 9.90 Å². The molecule has 16 heavy (non-hydrogen) atoms. The number of hydrogen-bond acceptors (Lipinski definition) is 3. The molecule has 0 spiro atoms. The van der Waals surface area contributed by atoms with Gasteiger partial charge in [0.1, 0.15) is 5.82 Å². The van der Waals surface area contributed by atoms with Gasteiger partial charge in [0.25, 0.3) is 0 Å². The highest BCUT2D eigenvalue weighted by Crippen LogP contribution is 2.21. The van der Waals surface area contributed by atoms with Gasteiger partial charge in [0.15, 0.2) is 0 Å². The second-order valence-electron chi connectivity index (χ2n) is 4.32. The van der Waals surface area contributed by atoms with E-state index in [1.54, 1.807) is 0 Å². The summed E-state index contributed by atoms with van der Waals surface area (Å²) in [6, 6.07) is 3.96. The molecule has 0 radical (unpaired) electrons. The lowest BCUT2D eigenvalue weighted by atomic mass is 9.98. The van der Waals surface area contributed by atoms with Crippen LogP contribution in [0.15, 0.2) is 18.3 Å². The average molecular weight is 220 g/mol. The predicted molar refractivity (Wildman–Crippen MR) is 61.5 cm³/mol. The highest BCUT2D eigenvalue weighted by Gasteiger charge is 2.25. The molecule has 1 aliphatic rings. The summed E-state index contributed by atoms with van der Waals surface area (Å²) in [5.41, 5.74) is 1.12. The molecule has 0 amide bonds. The van der Waals surface area contributed by atoms with E-state index < -0.39 is 5.97 Å². The lowest BCUT2D eigenvalue weighted by molar-refractivity contribution is -0.141. The molecule has 1 aliphatic heterocycles. The van der Waals surface area contributed by atoms with Crippen LogP contribution in [0.1, 0.15) is 18.4 Å². The maximum atomic E-state index is 10.9. The second-order valence-corrected chi connectivity index (χ2v) is 4.32. The normalized spacial score (nSPS) is 20.8. The van der Waals surface area contributed by atoms with Crippen molar-refractivity contribution >= 4 is 11.8 Å². The van der Waals surface area contributed by atoms with Crippen molar-refractivity contribution in [2.24, 2.45) is 5.92 Å². The smallest absolute Gasteiger partial charge is 0.308 e. The molecule has 0 aromatic carbocycles. The van der Waals surface area contributed by atoms with Gasteiger partial charge in [0, 0.05) is 19.3 Å². The fourth-order valence-electron chi connectivity index (χ4n) is 2.03. The molecule has 1 N–H and O–H groups in total. The zero-order valence-electron chi connectivity index (χ0n) is 9.39. The first-order chi connectivity index (χ1) is 7.66. The third-order valence-electron chi connectivity index (χ3n) is 2.99. The molecule has 4 heteroatoms. The number of anilines is 1. The Hall–Kier alpha value is -1.58. The summed E-state index contributed by atoms with van der Waals surface area (Å²) in [4.78, 5) is 17.3. The molecule has 0 bridgehead atoms. The van der Waals surface area contributed by atoms with Crippen molar-refractivity contribution in [3.63, 3.8) is 0 Å². The Morgan fingerprint density at radius 3 is 3.00 bits per heavy atom. The molecule has 1 unspecified atom stereocenters. The zero-order chi connectivity index (χ0) is 11.5. The number of carboxylic acid groups (broad SMARTS) is 1. The van der Waals surface area contributed by atoms with Crippen LogP contribution in [-0.2, 0) is 4.79 Å². The van der Waals surface area contributed by atoms with Crippen LogP contribution in [0.2, 0.25) is 0 Å². The van der Waals surface area contributed by atoms with E-state index in [1.807, 2.05) is 25.3 Å². The molecule has 0 saturated carbocycles. The molecular formula is C12H16N2O2. The quantitative estimate of drug-likeness (QED) is 0.824. The van der Waals surface area contributed by atoms with Crippen LogP contribution < -0.4 is 4.90 Å². The molecule has 86 valence electrons. The monoisotopic (exact) mass is 220 g/mol. The molecular weight excluding hydrogens is 204 g/mol. The van der Waals surface area contributed by atoms with Gasteiger partial charge in [-0.05, 0) is 31.4 Å². The molecule has 1 atom stereocenters. The fraction of sp³-hybridized carbons (Fsp3) is 0.500. The number of rotatable bonds is 2. The number of hydrogen-bond donors (Lipinski definition) is 1. The molecule has 2 rings (SSSR count). The van der Waals surface area contributed by atoms with Crippen LogP contribution in [0.5, 0.6) is 0 Å². The number of carboxylic acids is 1. The van der Waals surface area contributed by atoms with Crippen LogP contribution in [0.3, 0.4) is 0 Å². The van der Waals surface area contributed by atoms with Crippen LogP contribution in [0, 0.1) is 12.8 Å². The van der Waals surface area contributed by atoms with Gasteiger partial charge in [-0.3, -0.25) is 4.79 Å². The lowest BCUT2D eigenvalue weighted by Crippen LogP contribution is -2.39. The Balaban J connectivity index is 2.09. The second kappa shape index (κ2) is 4.51. The van der Waals surface area contributed by atoms with Gasteiger partial charge in [-0.1, -0.05) is 6.07 Å². The first-order valence-electron chi connectivity index (χ1n) is 5.57. The fourth-order valence-corrected chi connectivity index (χ4v) is 2.03. The topological polar surface area (TPSA) is 53.4 Å². The maximum Gasteiger partial charge on any atom is 0.308 e. The van der Waals surface area contributed by atoms with Gasteiger partial charge in [0.2, 0.25) is 0 Å². The standard InChI is InChI=1S/C12H16N2O2/c1-9-4-5-11(13-7-9)14-6-2-3-10(8-14)12(15)16/h4-5,7,10H,2-3,6,8H2,1H3,(H,15,16). The Kier molecular flexibility index (Phi) is 3.08. The third kappa shape index (κ3) is 2.32. The van der Waals surface area contributed by atoms with Crippen molar-refractivity contribution in [2.75, 3.05) is 18.0 Å². The maximum absolute atomic E-state index is 10.9. The summed E-state index contributed by atoms with van der Waals surface area (Å²) in [5.74, 6) is -0.0646. The summed E-state index contributed by atoms with van der Waals surface area (Å²) in [5, 5.41) is 9.00. The van der Waals surface area contributed by atoms with Crippen molar-refractivity contribution in [3.05, 3.63) is 23.9 Å². The number of nitrogens with zero attached hydrogens (tertiary/aromatic N) is 2. The van der Waals surface area contributed by atoms with Crippen LogP contribution in [-0.4, -0.2) is 29.1 Å². The number of aromatic nitrogens is 1. The number of carbonyl (C=O) groups is 1. The minimum Gasteiger partial charge on any atom is -0.481 e. The zero-order valence-corrected chi connectivity index (χ0v) is 9.39. The number of aliphatic carboxylic acids is 1. The third-order valence-corrected chi connectivity index (χ3v) is 2.99. The summed E-state index contributed by atoms with van der Waals surface area (Å²) < 4.78 is 0. The van der Waals surface area contributed by atoms with E-state index in [0.29, 0.717) is 6.54 Å². The SMILES string of the molecule is Cc1ccc(N2CCCC(C(=O)O)C2)nc1. The summed E-state index contributed by atoms with van der Waals surface area (Å²) in [7, 11) is 0. The van der Waals surface area contributed by atoms with Crippen molar-refractivity contribution in [1.29, 1.82) is 0 Å². The van der Waals surface area contributed by atoms with Gasteiger partial charge in [0.05, 0.1) is 5.92 Å². The van der Waals surface area contributed by atoms with E-state index >= 15 is 0 Å². The van der Waals surface area contributed by atoms with E-state index in [4.69, 9.17) is 5.11 Å². The van der Waals surface area contributed by atoms with E-state index in [1.165, 1.54) is 0 Å². The highest BCUT2D eigenvalue weighted by atomic mass is 16.4. The molecule has 1 saturated heterocycles. The molecule has 0 aliphatic carbocycles. The average Bonchev–Trinajstić information content (AvgIpc) is 2.30. The lowest BCUT2D eigenvalue weighted by Gasteiger charge is -2.31. The summed E-state index contributed by atoms with van der Waals surface area (Å²) >= 11 is 0. The number of piperidine rings is 1. The van der Waals surface area contributed by atoms with Gasteiger partial charge >= 0.3 is 5.97 Å². The Labute approximate surface area is 94.9 Å². The number of pyridine rings is 1.